The van der Waals surface area contributed by atoms with Gasteiger partial charge in [0.1, 0.15) is 0 Å². The Labute approximate surface area is 60.4 Å². The maximum absolute atomic E-state index is 8.24. The van der Waals surface area contributed by atoms with Gasteiger partial charge in [0.15, 0.2) is 7.41 Å². The third-order valence-corrected chi connectivity index (χ3v) is 1.23. The summed E-state index contributed by atoms with van der Waals surface area (Å²) in [4.78, 5) is 6.43. The Balaban J connectivity index is 3.32. The lowest BCUT2D eigenvalue weighted by molar-refractivity contribution is -0.0459. The minimum absolute atomic E-state index is 0.513. The lowest BCUT2D eigenvalue weighted by Gasteiger charge is -2.20. The van der Waals surface area contributed by atoms with Gasteiger partial charge in [0, 0.05) is 5.88 Å². The maximum atomic E-state index is 8.24. The molecule has 0 amide bonds. The van der Waals surface area contributed by atoms with Crippen LogP contribution < -0.4 is 0 Å². The largest absolute Gasteiger partial charge is 0.347 e. The topological polar surface area (TPSA) is 36.3 Å². The molecule has 0 aromatic carbocycles. The summed E-state index contributed by atoms with van der Waals surface area (Å²) in [5, 5.41) is 8.24. The van der Waals surface area contributed by atoms with Crippen molar-refractivity contribution in [2.75, 3.05) is 19.5 Å². The molecule has 0 aliphatic carbocycles. The van der Waals surface area contributed by atoms with E-state index >= 15 is 0 Å². The van der Waals surface area contributed by atoms with Gasteiger partial charge in [-0.25, -0.2) is 5.26 Å². The Morgan fingerprint density at radius 3 is 2.89 bits per heavy atom. The molecule has 0 aliphatic rings. The average Bonchev–Trinajstić information content (AvgIpc) is 1.88. The molecule has 0 aliphatic heterocycles. The highest BCUT2D eigenvalue weighted by molar-refractivity contribution is 6.41. The van der Waals surface area contributed by atoms with Crippen molar-refractivity contribution in [1.82, 2.24) is 4.97 Å². The zero-order valence-electron chi connectivity index (χ0n) is 5.59. The van der Waals surface area contributed by atoms with E-state index in [4.69, 9.17) is 21.7 Å². The first-order valence-corrected chi connectivity index (χ1v) is 3.38. The number of hydrogen-bond donors (Lipinski definition) is 0. The predicted molar refractivity (Wildman–Crippen MR) is 38.6 cm³/mol. The van der Waals surface area contributed by atoms with E-state index in [9.17, 15) is 0 Å². The molecule has 0 aromatic rings. The van der Waals surface area contributed by atoms with Crippen LogP contribution in [0.25, 0.3) is 0 Å². The molecule has 5 heteroatoms. The van der Waals surface area contributed by atoms with Gasteiger partial charge in [-0.3, -0.25) is 0 Å². The lowest BCUT2D eigenvalue weighted by Crippen LogP contribution is -2.27. The fourth-order valence-corrected chi connectivity index (χ4v) is 0.763. The van der Waals surface area contributed by atoms with Crippen LogP contribution in [0.4, 0.5) is 0 Å². The first kappa shape index (κ1) is 8.76. The summed E-state index contributed by atoms with van der Waals surface area (Å²) in [6, 6.07) is 0. The van der Waals surface area contributed by atoms with Crippen LogP contribution in [0, 0.1) is 11.2 Å². The van der Waals surface area contributed by atoms with E-state index in [1.807, 2.05) is 0 Å². The van der Waals surface area contributed by atoms with Crippen molar-refractivity contribution in [1.29, 1.82) is 5.26 Å². The van der Waals surface area contributed by atoms with Crippen molar-refractivity contribution in [3.8, 4) is 5.97 Å². The molecule has 52 valence electrons. The Bertz CT molecular complexity index is 105. The highest BCUT2D eigenvalue weighted by Crippen LogP contribution is 1.85. The molecule has 0 saturated carbocycles. The van der Waals surface area contributed by atoms with Crippen molar-refractivity contribution in [3.63, 3.8) is 0 Å². The van der Waals surface area contributed by atoms with Crippen molar-refractivity contribution < 1.29 is 4.84 Å². The molecule has 0 N–H and O–H groups in total. The van der Waals surface area contributed by atoms with Gasteiger partial charge in [-0.05, 0) is 6.54 Å². The van der Waals surface area contributed by atoms with E-state index in [1.54, 1.807) is 12.1 Å². The average molecular weight is 147 g/mol. The molecular weight excluding hydrogens is 138 g/mol. The van der Waals surface area contributed by atoms with Crippen LogP contribution in [0.5, 0.6) is 0 Å². The number of alkyl halides is 1. The standard InChI is InChI=1S/C4H9BClN2O/c1-9-8(3-2-6)5-4-7/h2-3,5H2,1H3/q-1. The smallest absolute Gasteiger partial charge is 0.166 e. The van der Waals surface area contributed by atoms with Crippen LogP contribution >= 0.6 is 11.6 Å². The third-order valence-electron chi connectivity index (χ3n) is 1.06. The van der Waals surface area contributed by atoms with Crippen LogP contribution in [0.1, 0.15) is 0 Å². The Morgan fingerprint density at radius 1 is 1.89 bits per heavy atom. The molecule has 0 spiro atoms. The van der Waals surface area contributed by atoms with Crippen molar-refractivity contribution in [2.24, 2.45) is 0 Å². The van der Waals surface area contributed by atoms with E-state index in [2.05, 4.69) is 5.97 Å². The zero-order chi connectivity index (χ0) is 7.11. The summed E-state index contributed by atoms with van der Waals surface area (Å²) in [5.41, 5.74) is 0. The van der Waals surface area contributed by atoms with Gasteiger partial charge in [-0.1, -0.05) is 0 Å². The molecule has 3 nitrogen and oxygen atoms in total. The molecule has 0 bridgehead atoms. The molecule has 9 heavy (non-hydrogen) atoms. The summed E-state index contributed by atoms with van der Waals surface area (Å²) in [6.07, 6.45) is 0. The molecule has 0 radical (unpaired) electrons. The number of hydrogen-bond acceptors (Lipinski definition) is 3. The van der Waals surface area contributed by atoms with Crippen LogP contribution in [-0.4, -0.2) is 31.9 Å². The van der Waals surface area contributed by atoms with E-state index < -0.39 is 7.41 Å². The Morgan fingerprint density at radius 2 is 2.56 bits per heavy atom. The minimum atomic E-state index is -0.732. The van der Waals surface area contributed by atoms with E-state index in [0.29, 0.717) is 12.4 Å². The maximum Gasteiger partial charge on any atom is 0.166 e. The SMILES string of the molecule is CON([BH2-]C#N)CCCl. The van der Waals surface area contributed by atoms with Crippen molar-refractivity contribution >= 4 is 19.0 Å². The monoisotopic (exact) mass is 147 g/mol. The van der Waals surface area contributed by atoms with Gasteiger partial charge in [-0.15, -0.1) is 17.6 Å². The van der Waals surface area contributed by atoms with Gasteiger partial charge in [0.05, 0.1) is 7.11 Å². The fraction of sp³-hybridized carbons (Fsp3) is 0.750. The lowest BCUT2D eigenvalue weighted by atomic mass is 9.98. The van der Waals surface area contributed by atoms with Gasteiger partial charge >= 0.3 is 0 Å². The molecule has 0 unspecified atom stereocenters. The van der Waals surface area contributed by atoms with E-state index in [-0.39, 0.29) is 0 Å². The summed E-state index contributed by atoms with van der Waals surface area (Å²) < 4.78 is 0. The van der Waals surface area contributed by atoms with Crippen molar-refractivity contribution in [3.05, 3.63) is 0 Å². The number of rotatable bonds is 4. The van der Waals surface area contributed by atoms with Crippen LogP contribution in [0.15, 0.2) is 0 Å². The Hall–Kier alpha value is -0.235. The zero-order valence-corrected chi connectivity index (χ0v) is 6.35. The normalized spacial score (nSPS) is 9.56. The highest BCUT2D eigenvalue weighted by Gasteiger charge is 1.91. The number of hydroxylamine groups is 1. The van der Waals surface area contributed by atoms with Crippen LogP contribution in [0.2, 0.25) is 0 Å². The number of nitrogens with zero attached hydrogens (tertiary/aromatic N) is 2. The van der Waals surface area contributed by atoms with Gasteiger partial charge in [0.2, 0.25) is 0 Å². The van der Waals surface area contributed by atoms with Crippen LogP contribution in [-0.2, 0) is 4.84 Å². The first-order chi connectivity index (χ1) is 4.35. The predicted octanol–water partition coefficient (Wildman–Crippen LogP) is -0.347. The number of nitriles is 1. The first-order valence-electron chi connectivity index (χ1n) is 2.85. The fourth-order valence-electron chi connectivity index (χ4n) is 0.525. The van der Waals surface area contributed by atoms with E-state index in [0.717, 1.165) is 0 Å². The minimum Gasteiger partial charge on any atom is -0.347 e. The van der Waals surface area contributed by atoms with E-state index in [1.165, 1.54) is 0 Å². The summed E-state index contributed by atoms with van der Waals surface area (Å²) in [5.74, 6) is 2.58. The van der Waals surface area contributed by atoms with Crippen molar-refractivity contribution in [2.45, 2.75) is 0 Å². The van der Waals surface area contributed by atoms with Gasteiger partial charge in [0.25, 0.3) is 0 Å². The summed E-state index contributed by atoms with van der Waals surface area (Å²) in [7, 11) is 0.817. The molecule has 0 fully saturated rings. The molecule has 0 aromatic heterocycles. The molecule has 0 saturated heterocycles. The third kappa shape index (κ3) is 4.28. The van der Waals surface area contributed by atoms with Crippen LogP contribution in [0.3, 0.4) is 0 Å². The molecule has 0 atom stereocenters. The summed E-state index contributed by atoms with van der Waals surface area (Å²) in [6.45, 7) is 0.644. The number of halogens is 1. The second kappa shape index (κ2) is 5.89. The quantitative estimate of drug-likeness (QED) is 0.310. The van der Waals surface area contributed by atoms with Gasteiger partial charge < -0.3 is 9.81 Å². The molecule has 0 rings (SSSR count). The second-order valence-corrected chi connectivity index (χ2v) is 2.05. The van der Waals surface area contributed by atoms with Gasteiger partial charge in [-0.2, -0.15) is 0 Å². The highest BCUT2D eigenvalue weighted by atomic mass is 35.5. The molecular formula is C4H9BClN2O-. The molecule has 0 heterocycles. The summed E-state index contributed by atoms with van der Waals surface area (Å²) >= 11 is 5.40. The second-order valence-electron chi connectivity index (χ2n) is 1.67. The Kier molecular flexibility index (Phi) is 5.74.